The summed E-state index contributed by atoms with van der Waals surface area (Å²) in [6, 6.07) is 0. The van der Waals surface area contributed by atoms with Crippen LogP contribution in [-0.4, -0.2) is 6.29 Å². The van der Waals surface area contributed by atoms with Crippen LogP contribution >= 0.6 is 0 Å². The molecule has 3 unspecified atom stereocenters. The molecule has 1 heteroatoms. The largest absolute Gasteiger partial charge is 0.303 e. The van der Waals surface area contributed by atoms with Crippen molar-refractivity contribution in [3.8, 4) is 0 Å². The van der Waals surface area contributed by atoms with Crippen LogP contribution < -0.4 is 0 Å². The minimum absolute atomic E-state index is 0.0732. The molecule has 0 heterocycles. The van der Waals surface area contributed by atoms with Gasteiger partial charge in [-0.1, -0.05) is 41.0 Å². The molecule has 82 valence electrons. The van der Waals surface area contributed by atoms with Crippen molar-refractivity contribution in [1.82, 2.24) is 0 Å². The molecular weight excluding hydrogens is 172 g/mol. The van der Waals surface area contributed by atoms with Crippen LogP contribution in [0.3, 0.4) is 0 Å². The van der Waals surface area contributed by atoms with E-state index in [1.54, 1.807) is 0 Å². The van der Waals surface area contributed by atoms with Crippen LogP contribution in [0.4, 0.5) is 0 Å². The van der Waals surface area contributed by atoms with Gasteiger partial charge in [0.1, 0.15) is 6.29 Å². The summed E-state index contributed by atoms with van der Waals surface area (Å²) in [5.41, 5.74) is 0.264. The molecule has 0 amide bonds. The maximum absolute atomic E-state index is 11.2. The minimum Gasteiger partial charge on any atom is -0.303 e. The Balaban J connectivity index is 2.86. The molecule has 0 aromatic carbocycles. The average Bonchev–Trinajstić information content (AvgIpc) is 2.08. The standard InChI is InChI=1S/C13H24O/c1-10-11(12(2,3)4)7-6-8-13(10,5)9-14/h9-11H,6-8H2,1-5H3. The second kappa shape index (κ2) is 3.67. The van der Waals surface area contributed by atoms with E-state index in [2.05, 4.69) is 34.6 Å². The van der Waals surface area contributed by atoms with E-state index in [1.165, 1.54) is 19.1 Å². The van der Waals surface area contributed by atoms with Gasteiger partial charge in [-0.15, -0.1) is 0 Å². The van der Waals surface area contributed by atoms with Crippen LogP contribution in [0.25, 0.3) is 0 Å². The Morgan fingerprint density at radius 2 is 1.93 bits per heavy atom. The Morgan fingerprint density at radius 1 is 1.36 bits per heavy atom. The summed E-state index contributed by atoms with van der Waals surface area (Å²) in [7, 11) is 0. The molecule has 1 aliphatic rings. The molecular formula is C13H24O. The van der Waals surface area contributed by atoms with Gasteiger partial charge in [0.2, 0.25) is 0 Å². The highest BCUT2D eigenvalue weighted by Crippen LogP contribution is 2.49. The van der Waals surface area contributed by atoms with E-state index in [9.17, 15) is 4.79 Å². The van der Waals surface area contributed by atoms with Gasteiger partial charge >= 0.3 is 0 Å². The predicted octanol–water partition coefficient (Wildman–Crippen LogP) is 3.67. The second-order valence-electron chi connectivity index (χ2n) is 6.28. The van der Waals surface area contributed by atoms with Gasteiger partial charge in [0.25, 0.3) is 0 Å². The average molecular weight is 196 g/mol. The highest BCUT2D eigenvalue weighted by atomic mass is 16.1. The fraction of sp³-hybridized carbons (Fsp3) is 0.923. The fourth-order valence-electron chi connectivity index (χ4n) is 2.99. The maximum atomic E-state index is 11.2. The first-order valence-electron chi connectivity index (χ1n) is 5.77. The molecule has 1 fully saturated rings. The van der Waals surface area contributed by atoms with Crippen LogP contribution in [0, 0.1) is 22.7 Å². The third-order valence-corrected chi connectivity index (χ3v) is 4.26. The highest BCUT2D eigenvalue weighted by molar-refractivity contribution is 5.59. The number of hydrogen-bond donors (Lipinski definition) is 0. The second-order valence-corrected chi connectivity index (χ2v) is 6.28. The van der Waals surface area contributed by atoms with E-state index in [0.717, 1.165) is 6.42 Å². The molecule has 0 N–H and O–H groups in total. The quantitative estimate of drug-likeness (QED) is 0.585. The minimum atomic E-state index is -0.0732. The summed E-state index contributed by atoms with van der Waals surface area (Å²) in [5, 5.41) is 0. The predicted molar refractivity (Wildman–Crippen MR) is 60.1 cm³/mol. The third kappa shape index (κ3) is 2.02. The van der Waals surface area contributed by atoms with Crippen LogP contribution in [0.5, 0.6) is 0 Å². The van der Waals surface area contributed by atoms with E-state index >= 15 is 0 Å². The molecule has 1 saturated carbocycles. The Hall–Kier alpha value is -0.330. The first-order chi connectivity index (χ1) is 6.31. The van der Waals surface area contributed by atoms with Gasteiger partial charge in [-0.2, -0.15) is 0 Å². The zero-order valence-corrected chi connectivity index (χ0v) is 10.3. The van der Waals surface area contributed by atoms with Crippen molar-refractivity contribution in [3.63, 3.8) is 0 Å². The van der Waals surface area contributed by atoms with Crippen LogP contribution in [-0.2, 0) is 4.79 Å². The summed E-state index contributed by atoms with van der Waals surface area (Å²) in [6.07, 6.45) is 4.76. The molecule has 1 rings (SSSR count). The summed E-state index contributed by atoms with van der Waals surface area (Å²) in [4.78, 5) is 11.2. The van der Waals surface area contributed by atoms with E-state index in [-0.39, 0.29) is 5.41 Å². The third-order valence-electron chi connectivity index (χ3n) is 4.26. The van der Waals surface area contributed by atoms with Crippen molar-refractivity contribution < 1.29 is 4.79 Å². The Morgan fingerprint density at radius 3 is 2.36 bits per heavy atom. The van der Waals surface area contributed by atoms with E-state index < -0.39 is 0 Å². The number of carbonyl (C=O) groups is 1. The lowest BCUT2D eigenvalue weighted by Gasteiger charge is -2.46. The lowest BCUT2D eigenvalue weighted by molar-refractivity contribution is -0.123. The molecule has 0 bridgehead atoms. The normalized spacial score (nSPS) is 39.5. The molecule has 14 heavy (non-hydrogen) atoms. The molecule has 0 aliphatic heterocycles. The van der Waals surface area contributed by atoms with Crippen molar-refractivity contribution in [2.75, 3.05) is 0 Å². The molecule has 0 aromatic rings. The van der Waals surface area contributed by atoms with E-state index in [4.69, 9.17) is 0 Å². The maximum Gasteiger partial charge on any atom is 0.126 e. The van der Waals surface area contributed by atoms with E-state index in [0.29, 0.717) is 17.3 Å². The van der Waals surface area contributed by atoms with Gasteiger partial charge in [-0.05, 0) is 30.1 Å². The smallest absolute Gasteiger partial charge is 0.126 e. The van der Waals surface area contributed by atoms with Gasteiger partial charge < -0.3 is 4.79 Å². The Labute approximate surface area is 88.3 Å². The molecule has 0 saturated heterocycles. The van der Waals surface area contributed by atoms with Gasteiger partial charge in [-0.25, -0.2) is 0 Å². The first-order valence-corrected chi connectivity index (χ1v) is 5.77. The number of hydrogen-bond acceptors (Lipinski definition) is 1. The van der Waals surface area contributed by atoms with Crippen molar-refractivity contribution in [2.24, 2.45) is 22.7 Å². The van der Waals surface area contributed by atoms with Gasteiger partial charge in [0, 0.05) is 5.41 Å². The summed E-state index contributed by atoms with van der Waals surface area (Å²) in [5.74, 6) is 1.21. The van der Waals surface area contributed by atoms with Crippen LogP contribution in [0.15, 0.2) is 0 Å². The van der Waals surface area contributed by atoms with Crippen LogP contribution in [0.1, 0.15) is 53.9 Å². The monoisotopic (exact) mass is 196 g/mol. The van der Waals surface area contributed by atoms with Crippen LogP contribution in [0.2, 0.25) is 0 Å². The topological polar surface area (TPSA) is 17.1 Å². The first kappa shape index (κ1) is 11.7. The number of aldehydes is 1. The van der Waals surface area contributed by atoms with Crippen molar-refractivity contribution in [1.29, 1.82) is 0 Å². The lowest BCUT2D eigenvalue weighted by atomic mass is 9.58. The number of rotatable bonds is 1. The Bertz CT molecular complexity index is 214. The molecule has 0 spiro atoms. The molecule has 1 aliphatic carbocycles. The van der Waals surface area contributed by atoms with E-state index in [1.807, 2.05) is 0 Å². The van der Waals surface area contributed by atoms with Crippen molar-refractivity contribution in [3.05, 3.63) is 0 Å². The zero-order valence-electron chi connectivity index (χ0n) is 10.3. The van der Waals surface area contributed by atoms with Gasteiger partial charge in [-0.3, -0.25) is 0 Å². The molecule has 0 radical (unpaired) electrons. The lowest BCUT2D eigenvalue weighted by Crippen LogP contribution is -2.41. The fourth-order valence-corrected chi connectivity index (χ4v) is 2.99. The van der Waals surface area contributed by atoms with Gasteiger partial charge in [0.05, 0.1) is 0 Å². The Kier molecular flexibility index (Phi) is 3.08. The summed E-state index contributed by atoms with van der Waals surface area (Å²) < 4.78 is 0. The van der Waals surface area contributed by atoms with Gasteiger partial charge in [0.15, 0.2) is 0 Å². The molecule has 0 aromatic heterocycles. The summed E-state index contributed by atoms with van der Waals surface area (Å²) >= 11 is 0. The number of carbonyl (C=O) groups excluding carboxylic acids is 1. The highest BCUT2D eigenvalue weighted by Gasteiger charge is 2.43. The molecule has 3 atom stereocenters. The SMILES string of the molecule is CC1C(C(C)(C)C)CCCC1(C)C=O. The molecule has 1 nitrogen and oxygen atoms in total. The zero-order chi connectivity index (χ0) is 11.0. The summed E-state index contributed by atoms with van der Waals surface area (Å²) in [6.45, 7) is 11.3. The van der Waals surface area contributed by atoms with Crippen molar-refractivity contribution in [2.45, 2.75) is 53.9 Å². The van der Waals surface area contributed by atoms with Crippen molar-refractivity contribution >= 4 is 6.29 Å².